The Bertz CT molecular complexity index is 151. The lowest BCUT2D eigenvalue weighted by Crippen LogP contribution is -2.22. The molecule has 0 aliphatic carbocycles. The first-order valence-corrected chi connectivity index (χ1v) is 3.59. The van der Waals surface area contributed by atoms with E-state index in [0.717, 1.165) is 19.0 Å². The highest BCUT2D eigenvalue weighted by atomic mass is 16.7. The van der Waals surface area contributed by atoms with E-state index in [-0.39, 0.29) is 0 Å². The third-order valence-electron chi connectivity index (χ3n) is 1.83. The number of hydrogen-bond acceptors (Lipinski definition) is 4. The third-order valence-corrected chi connectivity index (χ3v) is 1.83. The minimum absolute atomic E-state index is 0.914. The number of rotatable bonds is 1. The van der Waals surface area contributed by atoms with Gasteiger partial charge in [0.25, 0.3) is 0 Å². The summed E-state index contributed by atoms with van der Waals surface area (Å²) in [5, 5.41) is 0. The number of hydrazine groups is 1. The maximum absolute atomic E-state index is 5.06. The molecule has 0 atom stereocenters. The average molecular weight is 141 g/mol. The molecule has 0 aromatic rings. The highest BCUT2D eigenvalue weighted by Gasteiger charge is 2.18. The van der Waals surface area contributed by atoms with E-state index in [4.69, 9.17) is 4.84 Å². The monoisotopic (exact) mass is 141 g/mol. The average Bonchev–Trinajstić information content (AvgIpc) is 2.59. The van der Waals surface area contributed by atoms with E-state index in [9.17, 15) is 0 Å². The molecule has 0 spiro atoms. The molecule has 10 heavy (non-hydrogen) atoms. The predicted octanol–water partition coefficient (Wildman–Crippen LogP) is -0.0795. The fourth-order valence-electron chi connectivity index (χ4n) is 1.30. The minimum Gasteiger partial charge on any atom is -0.369 e. The molecule has 0 aromatic carbocycles. The van der Waals surface area contributed by atoms with Gasteiger partial charge in [-0.3, -0.25) is 5.43 Å². The molecule has 56 valence electrons. The van der Waals surface area contributed by atoms with Gasteiger partial charge in [-0.15, -0.1) is 0 Å². The van der Waals surface area contributed by atoms with Crippen LogP contribution in [0.3, 0.4) is 0 Å². The lowest BCUT2D eigenvalue weighted by atomic mass is 10.4. The van der Waals surface area contributed by atoms with Crippen LogP contribution in [0, 0.1) is 0 Å². The molecule has 2 heterocycles. The van der Waals surface area contributed by atoms with Crippen LogP contribution in [0.4, 0.5) is 0 Å². The Kier molecular flexibility index (Phi) is 1.39. The second-order valence-electron chi connectivity index (χ2n) is 2.53. The highest BCUT2D eigenvalue weighted by molar-refractivity contribution is 4.94. The Hall–Kier alpha value is -0.900. The van der Waals surface area contributed by atoms with Crippen LogP contribution in [0.15, 0.2) is 12.1 Å². The minimum atomic E-state index is 0.914. The van der Waals surface area contributed by atoms with E-state index < -0.39 is 0 Å². The van der Waals surface area contributed by atoms with Crippen molar-refractivity contribution >= 4 is 0 Å². The van der Waals surface area contributed by atoms with E-state index in [1.165, 1.54) is 12.8 Å². The summed E-state index contributed by atoms with van der Waals surface area (Å²) < 4.78 is 0. The molecule has 2 rings (SSSR count). The normalized spacial score (nSPS) is 24.0. The van der Waals surface area contributed by atoms with Crippen molar-refractivity contribution < 1.29 is 4.84 Å². The van der Waals surface area contributed by atoms with Crippen LogP contribution in [0.1, 0.15) is 12.8 Å². The van der Waals surface area contributed by atoms with Gasteiger partial charge in [-0.05, 0) is 12.8 Å². The van der Waals surface area contributed by atoms with Crippen LogP contribution in [0.2, 0.25) is 0 Å². The van der Waals surface area contributed by atoms with Crippen molar-refractivity contribution in [2.75, 3.05) is 13.1 Å². The Morgan fingerprint density at radius 1 is 1.40 bits per heavy atom. The number of nitrogens with zero attached hydrogens (tertiary/aromatic N) is 1. The van der Waals surface area contributed by atoms with Gasteiger partial charge >= 0.3 is 0 Å². The smallest absolute Gasteiger partial charge is 0.234 e. The maximum atomic E-state index is 5.06. The molecular formula is C6H11N3O. The number of likely N-dealkylation sites (tertiary alicyclic amines) is 1. The second-order valence-corrected chi connectivity index (χ2v) is 2.53. The molecule has 0 aromatic heterocycles. The van der Waals surface area contributed by atoms with Crippen molar-refractivity contribution in [1.29, 1.82) is 0 Å². The summed E-state index contributed by atoms with van der Waals surface area (Å²) in [6.45, 7) is 2.24. The van der Waals surface area contributed by atoms with Crippen molar-refractivity contribution in [3.8, 4) is 0 Å². The van der Waals surface area contributed by atoms with Gasteiger partial charge in [0.1, 0.15) is 0 Å². The molecule has 1 saturated heterocycles. The Morgan fingerprint density at radius 2 is 2.20 bits per heavy atom. The van der Waals surface area contributed by atoms with Crippen LogP contribution < -0.4 is 11.0 Å². The quantitative estimate of drug-likeness (QED) is 0.535. The van der Waals surface area contributed by atoms with E-state index in [0.29, 0.717) is 0 Å². The van der Waals surface area contributed by atoms with Crippen molar-refractivity contribution in [3.63, 3.8) is 0 Å². The van der Waals surface area contributed by atoms with Gasteiger partial charge < -0.3 is 9.74 Å². The standard InChI is InChI=1S/C6H11N3O/c1-2-4-9(3-1)6-5-7-8-10-6/h5,7-8H,1-4H2. The van der Waals surface area contributed by atoms with Gasteiger partial charge in [0.05, 0.1) is 6.20 Å². The van der Waals surface area contributed by atoms with Gasteiger partial charge in [-0.2, -0.15) is 0 Å². The van der Waals surface area contributed by atoms with Gasteiger partial charge in [0.2, 0.25) is 5.88 Å². The largest absolute Gasteiger partial charge is 0.369 e. The van der Waals surface area contributed by atoms with E-state index in [1.807, 2.05) is 6.20 Å². The fourth-order valence-corrected chi connectivity index (χ4v) is 1.30. The molecule has 2 aliphatic heterocycles. The fraction of sp³-hybridized carbons (Fsp3) is 0.667. The van der Waals surface area contributed by atoms with Crippen LogP contribution in [0.5, 0.6) is 0 Å². The lowest BCUT2D eigenvalue weighted by Gasteiger charge is -2.15. The van der Waals surface area contributed by atoms with Crippen LogP contribution in [0.25, 0.3) is 0 Å². The third kappa shape index (κ3) is 0.903. The molecule has 0 saturated carbocycles. The highest BCUT2D eigenvalue weighted by Crippen LogP contribution is 2.14. The van der Waals surface area contributed by atoms with Crippen molar-refractivity contribution in [2.24, 2.45) is 0 Å². The van der Waals surface area contributed by atoms with Gasteiger partial charge in [0.15, 0.2) is 0 Å². The van der Waals surface area contributed by atoms with Crippen LogP contribution in [-0.4, -0.2) is 18.0 Å². The first kappa shape index (κ1) is 5.85. The molecule has 0 radical (unpaired) electrons. The zero-order chi connectivity index (χ0) is 6.81. The molecule has 4 nitrogen and oxygen atoms in total. The SMILES string of the molecule is C1=C(N2CCCC2)ONN1. The molecule has 2 aliphatic rings. The van der Waals surface area contributed by atoms with Crippen molar-refractivity contribution in [2.45, 2.75) is 12.8 Å². The molecule has 0 unspecified atom stereocenters. The maximum Gasteiger partial charge on any atom is 0.234 e. The van der Waals surface area contributed by atoms with Crippen molar-refractivity contribution in [1.82, 2.24) is 15.9 Å². The summed E-state index contributed by atoms with van der Waals surface area (Å²) in [7, 11) is 0. The molecule has 0 bridgehead atoms. The Labute approximate surface area is 59.8 Å². The summed E-state index contributed by atoms with van der Waals surface area (Å²) in [6, 6.07) is 0. The summed E-state index contributed by atoms with van der Waals surface area (Å²) in [5.41, 5.74) is 5.34. The van der Waals surface area contributed by atoms with Crippen LogP contribution >= 0.6 is 0 Å². The van der Waals surface area contributed by atoms with Gasteiger partial charge in [-0.1, -0.05) is 5.59 Å². The predicted molar refractivity (Wildman–Crippen MR) is 36.2 cm³/mol. The lowest BCUT2D eigenvalue weighted by molar-refractivity contribution is 0.0596. The second kappa shape index (κ2) is 2.38. The van der Waals surface area contributed by atoms with E-state index >= 15 is 0 Å². The zero-order valence-corrected chi connectivity index (χ0v) is 5.76. The molecule has 1 fully saturated rings. The summed E-state index contributed by atoms with van der Waals surface area (Å²) in [6.07, 6.45) is 4.40. The molecule has 4 heteroatoms. The summed E-state index contributed by atoms with van der Waals surface area (Å²) in [5.74, 6) is 0.914. The summed E-state index contributed by atoms with van der Waals surface area (Å²) >= 11 is 0. The molecule has 2 N–H and O–H groups in total. The van der Waals surface area contributed by atoms with Crippen LogP contribution in [-0.2, 0) is 4.84 Å². The first-order valence-electron chi connectivity index (χ1n) is 3.59. The topological polar surface area (TPSA) is 36.5 Å². The number of nitrogens with one attached hydrogen (secondary N) is 2. The number of hydrogen-bond donors (Lipinski definition) is 2. The first-order chi connectivity index (χ1) is 4.97. The summed E-state index contributed by atoms with van der Waals surface area (Å²) in [4.78, 5) is 7.28. The van der Waals surface area contributed by atoms with Gasteiger partial charge in [-0.25, -0.2) is 0 Å². The Morgan fingerprint density at radius 3 is 2.80 bits per heavy atom. The zero-order valence-electron chi connectivity index (χ0n) is 5.76. The van der Waals surface area contributed by atoms with Crippen molar-refractivity contribution in [3.05, 3.63) is 12.1 Å². The Balaban J connectivity index is 1.97. The molecule has 0 amide bonds. The van der Waals surface area contributed by atoms with Gasteiger partial charge in [0, 0.05) is 13.1 Å². The van der Waals surface area contributed by atoms with E-state index in [1.54, 1.807) is 0 Å². The molecular weight excluding hydrogens is 130 g/mol. The van der Waals surface area contributed by atoms with E-state index in [2.05, 4.69) is 15.9 Å².